The van der Waals surface area contributed by atoms with Crippen molar-refractivity contribution in [1.82, 2.24) is 29.6 Å². The van der Waals surface area contributed by atoms with Crippen LogP contribution in [0.5, 0.6) is 0 Å². The first-order valence-electron chi connectivity index (χ1n) is 11.0. The SMILES string of the molecule is Cc1nccnc1N1CC2(C1)CN(c1nnc3n1-c1ccc(Cl)cc1CN(CC(F)(F)F)C3)C2. The van der Waals surface area contributed by atoms with Crippen LogP contribution in [-0.4, -0.2) is 68.5 Å². The lowest BCUT2D eigenvalue weighted by Gasteiger charge is -2.60. The fourth-order valence-corrected chi connectivity index (χ4v) is 5.55. The topological polar surface area (TPSA) is 66.2 Å². The summed E-state index contributed by atoms with van der Waals surface area (Å²) in [6.07, 6.45) is -0.910. The van der Waals surface area contributed by atoms with E-state index in [1.54, 1.807) is 24.5 Å². The number of hydrogen-bond acceptors (Lipinski definition) is 7. The molecule has 5 heterocycles. The number of alkyl halides is 3. The van der Waals surface area contributed by atoms with Crippen LogP contribution in [0.15, 0.2) is 30.6 Å². The third-order valence-electron chi connectivity index (χ3n) is 6.70. The summed E-state index contributed by atoms with van der Waals surface area (Å²) in [7, 11) is 0. The van der Waals surface area contributed by atoms with Crippen LogP contribution >= 0.6 is 11.6 Å². The molecule has 0 atom stereocenters. The summed E-state index contributed by atoms with van der Waals surface area (Å²) in [4.78, 5) is 14.5. The summed E-state index contributed by atoms with van der Waals surface area (Å²) in [6.45, 7) is 4.49. The maximum absolute atomic E-state index is 13.2. The standard InChI is InChI=1S/C22H22ClF3N8/c1-14-19(28-5-4-27-14)32-9-21(10-32)11-33(12-21)20-30-29-18-8-31(13-22(24,25)26)7-15-6-16(23)2-3-17(15)34(18)20/h2-6H,7-13H2,1H3. The van der Waals surface area contributed by atoms with Crippen molar-refractivity contribution in [2.75, 3.05) is 42.5 Å². The van der Waals surface area contributed by atoms with Gasteiger partial charge in [0.05, 0.1) is 24.5 Å². The largest absolute Gasteiger partial charge is 0.401 e. The van der Waals surface area contributed by atoms with Gasteiger partial charge in [-0.05, 0) is 30.7 Å². The van der Waals surface area contributed by atoms with Gasteiger partial charge in [0.1, 0.15) is 5.82 Å². The van der Waals surface area contributed by atoms with Crippen LogP contribution in [-0.2, 0) is 13.1 Å². The van der Waals surface area contributed by atoms with Gasteiger partial charge in [0.25, 0.3) is 0 Å². The van der Waals surface area contributed by atoms with Crippen molar-refractivity contribution in [2.45, 2.75) is 26.2 Å². The first-order chi connectivity index (χ1) is 16.2. The van der Waals surface area contributed by atoms with Crippen LogP contribution in [0.2, 0.25) is 5.02 Å². The average molecular weight is 491 g/mol. The van der Waals surface area contributed by atoms with Crippen LogP contribution in [0, 0.1) is 12.3 Å². The Morgan fingerprint density at radius 3 is 2.47 bits per heavy atom. The molecule has 12 heteroatoms. The zero-order valence-electron chi connectivity index (χ0n) is 18.4. The zero-order valence-corrected chi connectivity index (χ0v) is 19.2. The maximum Gasteiger partial charge on any atom is 0.401 e. The van der Waals surface area contributed by atoms with E-state index in [9.17, 15) is 13.2 Å². The molecule has 178 valence electrons. The van der Waals surface area contributed by atoms with E-state index < -0.39 is 12.7 Å². The van der Waals surface area contributed by atoms with Crippen molar-refractivity contribution < 1.29 is 13.2 Å². The van der Waals surface area contributed by atoms with E-state index in [4.69, 9.17) is 11.6 Å². The predicted octanol–water partition coefficient (Wildman–Crippen LogP) is 3.22. The highest BCUT2D eigenvalue weighted by atomic mass is 35.5. The molecule has 34 heavy (non-hydrogen) atoms. The second-order valence-corrected chi connectivity index (χ2v) is 9.90. The fourth-order valence-electron chi connectivity index (χ4n) is 5.35. The average Bonchev–Trinajstić information content (AvgIpc) is 3.02. The number of nitrogens with zero attached hydrogens (tertiary/aromatic N) is 8. The van der Waals surface area contributed by atoms with Crippen LogP contribution in [0.1, 0.15) is 17.1 Å². The minimum atomic E-state index is -4.31. The van der Waals surface area contributed by atoms with Gasteiger partial charge in [-0.15, -0.1) is 10.2 Å². The van der Waals surface area contributed by atoms with Gasteiger partial charge >= 0.3 is 6.18 Å². The molecule has 2 fully saturated rings. The molecule has 2 aromatic heterocycles. The summed E-state index contributed by atoms with van der Waals surface area (Å²) in [5.41, 5.74) is 2.55. The molecule has 0 amide bonds. The molecule has 1 aromatic carbocycles. The van der Waals surface area contributed by atoms with Gasteiger partial charge in [-0.25, -0.2) is 4.98 Å². The molecule has 3 aliphatic rings. The van der Waals surface area contributed by atoms with Crippen LogP contribution < -0.4 is 9.80 Å². The van der Waals surface area contributed by atoms with E-state index in [0.29, 0.717) is 16.8 Å². The number of benzene rings is 1. The van der Waals surface area contributed by atoms with Crippen molar-refractivity contribution in [1.29, 1.82) is 0 Å². The molecule has 3 aromatic rings. The van der Waals surface area contributed by atoms with Gasteiger partial charge in [-0.2, -0.15) is 13.2 Å². The Balaban J connectivity index is 1.25. The van der Waals surface area contributed by atoms with E-state index in [2.05, 4.69) is 30.0 Å². The Labute approximate surface area is 199 Å². The number of halogens is 4. The molecular weight excluding hydrogens is 469 g/mol. The van der Waals surface area contributed by atoms with Crippen molar-refractivity contribution in [3.8, 4) is 5.69 Å². The Kier molecular flexibility index (Phi) is 4.79. The first kappa shape index (κ1) is 21.6. The van der Waals surface area contributed by atoms with Gasteiger partial charge in [0.2, 0.25) is 5.95 Å². The minimum Gasteiger partial charge on any atom is -0.354 e. The molecule has 8 nitrogen and oxygen atoms in total. The van der Waals surface area contributed by atoms with E-state index in [0.717, 1.165) is 48.9 Å². The second-order valence-electron chi connectivity index (χ2n) is 9.46. The highest BCUT2D eigenvalue weighted by molar-refractivity contribution is 6.30. The summed E-state index contributed by atoms with van der Waals surface area (Å²) < 4.78 is 41.4. The van der Waals surface area contributed by atoms with Gasteiger partial charge < -0.3 is 9.80 Å². The van der Waals surface area contributed by atoms with Crippen LogP contribution in [0.3, 0.4) is 0 Å². The predicted molar refractivity (Wildman–Crippen MR) is 120 cm³/mol. The number of aromatic nitrogens is 5. The minimum absolute atomic E-state index is 0.0531. The first-order valence-corrected chi connectivity index (χ1v) is 11.4. The lowest BCUT2D eigenvalue weighted by Crippen LogP contribution is -2.73. The quantitative estimate of drug-likeness (QED) is 0.558. The summed E-state index contributed by atoms with van der Waals surface area (Å²) in [5, 5.41) is 9.17. The zero-order chi connectivity index (χ0) is 23.7. The van der Waals surface area contributed by atoms with Crippen LogP contribution in [0.25, 0.3) is 5.69 Å². The Bertz CT molecular complexity index is 1250. The smallest absolute Gasteiger partial charge is 0.354 e. The van der Waals surface area contributed by atoms with Crippen molar-refractivity contribution in [2.24, 2.45) is 5.41 Å². The monoisotopic (exact) mass is 490 g/mol. The molecular formula is C22H22ClF3N8. The molecule has 0 aliphatic carbocycles. The lowest BCUT2D eigenvalue weighted by molar-refractivity contribution is -0.148. The van der Waals surface area contributed by atoms with Crippen LogP contribution in [0.4, 0.5) is 24.9 Å². The molecule has 1 spiro atoms. The molecule has 3 aliphatic heterocycles. The summed E-state index contributed by atoms with van der Waals surface area (Å²) >= 11 is 6.19. The fraction of sp³-hybridized carbons (Fsp3) is 0.455. The highest BCUT2D eigenvalue weighted by Gasteiger charge is 2.53. The molecule has 6 rings (SSSR count). The summed E-state index contributed by atoms with van der Waals surface area (Å²) in [5.74, 6) is 2.07. The third-order valence-corrected chi connectivity index (χ3v) is 6.94. The van der Waals surface area contributed by atoms with Gasteiger partial charge in [-0.3, -0.25) is 14.5 Å². The maximum atomic E-state index is 13.2. The number of aryl methyl sites for hydroxylation is 1. The normalized spacial score (nSPS) is 19.3. The van der Waals surface area contributed by atoms with E-state index >= 15 is 0 Å². The van der Waals surface area contributed by atoms with Crippen molar-refractivity contribution in [3.63, 3.8) is 0 Å². The Morgan fingerprint density at radius 1 is 1.00 bits per heavy atom. The van der Waals surface area contributed by atoms with E-state index in [-0.39, 0.29) is 18.5 Å². The Morgan fingerprint density at radius 2 is 1.74 bits per heavy atom. The third kappa shape index (κ3) is 3.67. The number of hydrogen-bond donors (Lipinski definition) is 0. The Hall–Kier alpha value is -2.92. The lowest BCUT2D eigenvalue weighted by atomic mass is 9.73. The number of fused-ring (bicyclic) bond motifs is 3. The van der Waals surface area contributed by atoms with E-state index in [1.165, 1.54) is 4.90 Å². The molecule has 0 radical (unpaired) electrons. The molecule has 0 unspecified atom stereocenters. The van der Waals surface area contributed by atoms with Crippen molar-refractivity contribution in [3.05, 3.63) is 52.7 Å². The molecule has 0 saturated carbocycles. The molecule has 0 bridgehead atoms. The number of rotatable bonds is 3. The van der Waals surface area contributed by atoms with Crippen molar-refractivity contribution >= 4 is 23.4 Å². The van der Waals surface area contributed by atoms with Gasteiger partial charge in [-0.1, -0.05) is 11.6 Å². The molecule has 2 saturated heterocycles. The number of anilines is 2. The summed E-state index contributed by atoms with van der Waals surface area (Å²) in [6, 6.07) is 5.31. The van der Waals surface area contributed by atoms with Gasteiger partial charge in [0.15, 0.2) is 5.82 Å². The highest BCUT2D eigenvalue weighted by Crippen LogP contribution is 2.44. The second kappa shape index (κ2) is 7.54. The van der Waals surface area contributed by atoms with E-state index in [1.807, 2.05) is 17.6 Å². The van der Waals surface area contributed by atoms with Gasteiger partial charge in [0, 0.05) is 55.6 Å². The molecule has 0 N–H and O–H groups in total.